The van der Waals surface area contributed by atoms with Gasteiger partial charge in [0.2, 0.25) is 0 Å². The van der Waals surface area contributed by atoms with E-state index in [4.69, 9.17) is 5.73 Å². The van der Waals surface area contributed by atoms with Crippen molar-refractivity contribution in [1.82, 2.24) is 9.78 Å². The highest BCUT2D eigenvalue weighted by Crippen LogP contribution is 2.27. The summed E-state index contributed by atoms with van der Waals surface area (Å²) in [7, 11) is 1.98. The number of guanidine groups is 1. The summed E-state index contributed by atoms with van der Waals surface area (Å²) in [5.74, 6) is 0.494. The summed E-state index contributed by atoms with van der Waals surface area (Å²) in [5, 5.41) is 7.74. The lowest BCUT2D eigenvalue weighted by atomic mass is 9.90. The van der Waals surface area contributed by atoms with E-state index >= 15 is 0 Å². The van der Waals surface area contributed by atoms with Gasteiger partial charge in [-0.05, 0) is 68.7 Å². The highest BCUT2D eigenvalue weighted by Gasteiger charge is 2.13. The summed E-state index contributed by atoms with van der Waals surface area (Å²) in [6, 6.07) is 6.42. The average molecular weight is 325 g/mol. The van der Waals surface area contributed by atoms with Crippen LogP contribution in [0.4, 0.5) is 5.69 Å². The Hall–Kier alpha value is -2.30. The van der Waals surface area contributed by atoms with Crippen LogP contribution in [0, 0.1) is 13.8 Å². The molecule has 0 bridgehead atoms. The first kappa shape index (κ1) is 16.6. The summed E-state index contributed by atoms with van der Waals surface area (Å²) in [6.07, 6.45) is 5.69. The second-order valence-electron chi connectivity index (χ2n) is 6.57. The van der Waals surface area contributed by atoms with Gasteiger partial charge in [-0.3, -0.25) is 9.67 Å². The molecule has 5 heteroatoms. The fraction of sp³-hybridized carbons (Fsp3) is 0.474. The third kappa shape index (κ3) is 3.45. The second kappa shape index (κ2) is 7.07. The molecule has 24 heavy (non-hydrogen) atoms. The van der Waals surface area contributed by atoms with Crippen molar-refractivity contribution in [1.29, 1.82) is 0 Å². The lowest BCUT2D eigenvalue weighted by Crippen LogP contribution is -2.24. The van der Waals surface area contributed by atoms with Crippen molar-refractivity contribution in [2.45, 2.75) is 46.0 Å². The molecule has 1 aliphatic rings. The third-order valence-corrected chi connectivity index (χ3v) is 4.96. The molecule has 1 aromatic heterocycles. The second-order valence-corrected chi connectivity index (χ2v) is 6.57. The number of benzene rings is 1. The molecular formula is C19H27N5. The smallest absolute Gasteiger partial charge is 0.193 e. The first-order chi connectivity index (χ1) is 11.6. The largest absolute Gasteiger partial charge is 0.370 e. The van der Waals surface area contributed by atoms with Crippen LogP contribution in [0.3, 0.4) is 0 Å². The number of aliphatic imine (C=N–C) groups is 1. The molecule has 3 N–H and O–H groups in total. The maximum atomic E-state index is 6.10. The number of nitrogens with one attached hydrogen (secondary N) is 1. The van der Waals surface area contributed by atoms with Crippen molar-refractivity contribution in [3.05, 3.63) is 46.3 Å². The first-order valence-electron chi connectivity index (χ1n) is 8.73. The standard InChI is InChI=1S/C19H27N5/c1-13-16(14(2)24(3)23-13)11-12-21-19(20)22-18-10-6-8-15-7-4-5-9-17(15)18/h6,8,10H,4-5,7,9,11-12H2,1-3H3,(H3,20,21,22). The van der Waals surface area contributed by atoms with Gasteiger partial charge in [-0.1, -0.05) is 12.1 Å². The van der Waals surface area contributed by atoms with Crippen LogP contribution in [0.2, 0.25) is 0 Å². The van der Waals surface area contributed by atoms with Crippen molar-refractivity contribution >= 4 is 11.6 Å². The molecule has 1 aliphatic carbocycles. The molecule has 0 saturated carbocycles. The Balaban J connectivity index is 1.65. The summed E-state index contributed by atoms with van der Waals surface area (Å²) in [6.45, 7) is 4.81. The van der Waals surface area contributed by atoms with Gasteiger partial charge in [0.15, 0.2) is 5.96 Å². The molecule has 1 aromatic carbocycles. The fourth-order valence-electron chi connectivity index (χ4n) is 3.54. The fourth-order valence-corrected chi connectivity index (χ4v) is 3.54. The van der Waals surface area contributed by atoms with Crippen LogP contribution in [0.5, 0.6) is 0 Å². The van der Waals surface area contributed by atoms with Crippen molar-refractivity contribution in [3.8, 4) is 0 Å². The molecule has 5 nitrogen and oxygen atoms in total. The highest BCUT2D eigenvalue weighted by molar-refractivity contribution is 5.93. The minimum Gasteiger partial charge on any atom is -0.370 e. The van der Waals surface area contributed by atoms with E-state index in [1.165, 1.54) is 41.6 Å². The van der Waals surface area contributed by atoms with Crippen LogP contribution < -0.4 is 11.1 Å². The van der Waals surface area contributed by atoms with Gasteiger partial charge < -0.3 is 11.1 Å². The van der Waals surface area contributed by atoms with E-state index < -0.39 is 0 Å². The molecule has 1 heterocycles. The van der Waals surface area contributed by atoms with E-state index in [0.717, 1.165) is 24.2 Å². The summed E-state index contributed by atoms with van der Waals surface area (Å²) >= 11 is 0. The molecule has 128 valence electrons. The molecule has 0 radical (unpaired) electrons. The topological polar surface area (TPSA) is 68.2 Å². The number of hydrogen-bond acceptors (Lipinski definition) is 2. The van der Waals surface area contributed by atoms with Crippen molar-refractivity contribution < 1.29 is 0 Å². The Morgan fingerprint density at radius 1 is 1.29 bits per heavy atom. The van der Waals surface area contributed by atoms with Crippen LogP contribution in [-0.2, 0) is 26.3 Å². The van der Waals surface area contributed by atoms with E-state index in [1.807, 2.05) is 18.7 Å². The molecule has 0 spiro atoms. The molecule has 0 fully saturated rings. The number of hydrogen-bond donors (Lipinski definition) is 2. The Labute approximate surface area is 144 Å². The van der Waals surface area contributed by atoms with Crippen molar-refractivity contribution in [2.24, 2.45) is 17.8 Å². The summed E-state index contributed by atoms with van der Waals surface area (Å²) < 4.78 is 1.92. The Kier molecular flexibility index (Phi) is 4.88. The molecule has 0 aliphatic heterocycles. The van der Waals surface area contributed by atoms with Gasteiger partial charge in [-0.25, -0.2) is 0 Å². The monoisotopic (exact) mass is 325 g/mol. The van der Waals surface area contributed by atoms with Gasteiger partial charge >= 0.3 is 0 Å². The van der Waals surface area contributed by atoms with Gasteiger partial charge in [0.25, 0.3) is 0 Å². The SMILES string of the molecule is Cc1nn(C)c(C)c1CCN=C(N)Nc1cccc2c1CCCC2. The maximum absolute atomic E-state index is 6.10. The molecule has 0 saturated heterocycles. The zero-order chi connectivity index (χ0) is 17.1. The van der Waals surface area contributed by atoms with E-state index in [2.05, 4.69) is 40.5 Å². The third-order valence-electron chi connectivity index (χ3n) is 4.96. The van der Waals surface area contributed by atoms with Crippen molar-refractivity contribution in [3.63, 3.8) is 0 Å². The molecule has 0 atom stereocenters. The minimum absolute atomic E-state index is 0.494. The van der Waals surface area contributed by atoms with Crippen LogP contribution in [0.1, 0.15) is 40.9 Å². The van der Waals surface area contributed by atoms with Crippen molar-refractivity contribution in [2.75, 3.05) is 11.9 Å². The number of anilines is 1. The van der Waals surface area contributed by atoms with Gasteiger partial charge in [0.05, 0.1) is 5.69 Å². The van der Waals surface area contributed by atoms with Gasteiger partial charge in [-0.15, -0.1) is 0 Å². The van der Waals surface area contributed by atoms with Gasteiger partial charge in [0.1, 0.15) is 0 Å². The molecule has 0 amide bonds. The van der Waals surface area contributed by atoms with Crippen LogP contribution >= 0.6 is 0 Å². The Morgan fingerprint density at radius 2 is 2.08 bits per heavy atom. The number of aromatic nitrogens is 2. The lowest BCUT2D eigenvalue weighted by Gasteiger charge is -2.19. The quantitative estimate of drug-likeness (QED) is 0.671. The molecule has 2 aromatic rings. The van der Waals surface area contributed by atoms with Gasteiger partial charge in [0, 0.05) is 25.0 Å². The number of nitrogens with zero attached hydrogens (tertiary/aromatic N) is 3. The molecular weight excluding hydrogens is 298 g/mol. The number of rotatable bonds is 4. The molecule has 0 unspecified atom stereocenters. The molecule has 3 rings (SSSR count). The van der Waals surface area contributed by atoms with Crippen LogP contribution in [0.25, 0.3) is 0 Å². The van der Waals surface area contributed by atoms with Gasteiger partial charge in [-0.2, -0.15) is 5.10 Å². The summed E-state index contributed by atoms with van der Waals surface area (Å²) in [4.78, 5) is 4.50. The lowest BCUT2D eigenvalue weighted by molar-refractivity contribution is 0.687. The zero-order valence-electron chi connectivity index (χ0n) is 14.9. The maximum Gasteiger partial charge on any atom is 0.193 e. The van der Waals surface area contributed by atoms with E-state index in [0.29, 0.717) is 12.5 Å². The van der Waals surface area contributed by atoms with E-state index in [9.17, 15) is 0 Å². The Bertz CT molecular complexity index is 757. The Morgan fingerprint density at radius 3 is 2.83 bits per heavy atom. The predicted octanol–water partition coefficient (Wildman–Crippen LogP) is 2.89. The van der Waals surface area contributed by atoms with E-state index in [-0.39, 0.29) is 0 Å². The predicted molar refractivity (Wildman–Crippen MR) is 99.6 cm³/mol. The minimum atomic E-state index is 0.494. The van der Waals surface area contributed by atoms with E-state index in [1.54, 1.807) is 0 Å². The highest BCUT2D eigenvalue weighted by atomic mass is 15.3. The number of nitrogens with two attached hydrogens (primary N) is 1. The van der Waals surface area contributed by atoms with Crippen LogP contribution in [0.15, 0.2) is 23.2 Å². The summed E-state index contributed by atoms with van der Waals surface area (Å²) in [5.41, 5.74) is 13.6. The number of fused-ring (bicyclic) bond motifs is 1. The normalized spacial score (nSPS) is 14.5. The average Bonchev–Trinajstić information content (AvgIpc) is 2.81. The first-order valence-corrected chi connectivity index (χ1v) is 8.73. The number of aryl methyl sites for hydroxylation is 3. The zero-order valence-corrected chi connectivity index (χ0v) is 14.9. The van der Waals surface area contributed by atoms with Crippen LogP contribution in [-0.4, -0.2) is 22.3 Å².